The Hall–Kier alpha value is -1.77. The molecular weight excluding hydrogens is 296 g/mol. The van der Waals surface area contributed by atoms with Gasteiger partial charge in [0.25, 0.3) is 0 Å². The lowest BCUT2D eigenvalue weighted by atomic mass is 10.2. The normalized spacial score (nSPS) is 25.0. The molecule has 1 aliphatic heterocycles. The quantitative estimate of drug-likeness (QED) is 0.817. The van der Waals surface area contributed by atoms with Gasteiger partial charge in [-0.3, -0.25) is 4.90 Å². The molecule has 0 bridgehead atoms. The topological polar surface area (TPSA) is 109 Å². The zero-order valence-corrected chi connectivity index (χ0v) is 12.1. The van der Waals surface area contributed by atoms with Gasteiger partial charge < -0.3 is 14.9 Å². The van der Waals surface area contributed by atoms with Crippen molar-refractivity contribution < 1.29 is 19.2 Å². The number of urea groups is 1. The number of amides is 2. The number of hydrogen-bond donors (Lipinski definition) is 2. The van der Waals surface area contributed by atoms with Crippen LogP contribution < -0.4 is 5.32 Å². The maximum absolute atomic E-state index is 12.3. The zero-order chi connectivity index (χ0) is 14.8. The van der Waals surface area contributed by atoms with E-state index in [1.807, 2.05) is 0 Å². The van der Waals surface area contributed by atoms with Crippen molar-refractivity contribution >= 4 is 23.8 Å². The molecule has 2 unspecified atom stereocenters. The summed E-state index contributed by atoms with van der Waals surface area (Å²) in [5, 5.41) is 15.7. The molecule has 0 spiro atoms. The number of carbonyl (C=O) groups excluding carboxylic acids is 1. The predicted octanol–water partition coefficient (Wildman–Crippen LogP) is 0.560. The minimum absolute atomic E-state index is 0.0173. The van der Waals surface area contributed by atoms with E-state index >= 15 is 0 Å². The van der Waals surface area contributed by atoms with Crippen LogP contribution in [-0.4, -0.2) is 55.9 Å². The Morgan fingerprint density at radius 2 is 2.33 bits per heavy atom. The number of carboxylic acid groups (broad SMARTS) is 1. The van der Waals surface area contributed by atoms with Gasteiger partial charge in [0, 0.05) is 18.7 Å². The molecule has 9 heteroatoms. The smallest absolute Gasteiger partial charge is 0.327 e. The second kappa shape index (κ2) is 5.92. The molecule has 114 valence electrons. The van der Waals surface area contributed by atoms with Crippen LogP contribution >= 0.6 is 11.8 Å². The van der Waals surface area contributed by atoms with Crippen LogP contribution in [0.25, 0.3) is 0 Å². The number of nitrogens with one attached hydrogen (secondary N) is 1. The highest BCUT2D eigenvalue weighted by atomic mass is 32.2. The Balaban J connectivity index is 1.58. The summed E-state index contributed by atoms with van der Waals surface area (Å²) in [5.74, 6) is 0.454. The van der Waals surface area contributed by atoms with Crippen molar-refractivity contribution in [3.63, 3.8) is 0 Å². The Labute approximate surface area is 125 Å². The summed E-state index contributed by atoms with van der Waals surface area (Å²) < 4.78 is 4.61. The number of nitrogens with zero attached hydrogens (tertiary/aromatic N) is 3. The standard InChI is InChI=1S/C12H16N4O4S/c17-11(18)8-5-21-10(7-1-2-7)16(8)12(19)13-4-3-9-14-6-20-15-9/h6-8,10H,1-5H2,(H,13,19)(H,17,18). The maximum Gasteiger partial charge on any atom is 0.327 e. The van der Waals surface area contributed by atoms with Gasteiger partial charge in [-0.05, 0) is 18.8 Å². The molecule has 1 aromatic rings. The van der Waals surface area contributed by atoms with Crippen molar-refractivity contribution in [2.75, 3.05) is 12.3 Å². The third-order valence-electron chi connectivity index (χ3n) is 3.61. The molecule has 8 nitrogen and oxygen atoms in total. The molecule has 21 heavy (non-hydrogen) atoms. The van der Waals surface area contributed by atoms with Crippen LogP contribution in [0, 0.1) is 5.92 Å². The number of rotatable bonds is 5. The van der Waals surface area contributed by atoms with E-state index < -0.39 is 12.0 Å². The zero-order valence-electron chi connectivity index (χ0n) is 11.3. The Bertz CT molecular complexity index is 519. The maximum atomic E-state index is 12.3. The summed E-state index contributed by atoms with van der Waals surface area (Å²) in [6.45, 7) is 0.350. The van der Waals surface area contributed by atoms with Gasteiger partial charge in [0.05, 0.1) is 5.37 Å². The SMILES string of the molecule is O=C(O)C1CSC(C2CC2)N1C(=O)NCCc1ncon1. The van der Waals surface area contributed by atoms with Gasteiger partial charge in [-0.2, -0.15) is 4.98 Å². The minimum atomic E-state index is -0.945. The first-order valence-electron chi connectivity index (χ1n) is 6.82. The first-order valence-corrected chi connectivity index (χ1v) is 7.87. The highest BCUT2D eigenvalue weighted by molar-refractivity contribution is 8.00. The predicted molar refractivity (Wildman–Crippen MR) is 73.6 cm³/mol. The van der Waals surface area contributed by atoms with E-state index in [1.165, 1.54) is 11.3 Å². The van der Waals surface area contributed by atoms with Crippen LogP contribution in [0.15, 0.2) is 10.9 Å². The second-order valence-electron chi connectivity index (χ2n) is 5.15. The Kier molecular flexibility index (Phi) is 4.00. The average Bonchev–Trinajstić information content (AvgIpc) is 3.00. The van der Waals surface area contributed by atoms with E-state index in [4.69, 9.17) is 0 Å². The molecule has 0 radical (unpaired) electrons. The molecule has 1 saturated carbocycles. The third-order valence-corrected chi connectivity index (χ3v) is 5.07. The lowest BCUT2D eigenvalue weighted by molar-refractivity contribution is -0.141. The molecule has 2 N–H and O–H groups in total. The lowest BCUT2D eigenvalue weighted by Gasteiger charge is -2.27. The van der Waals surface area contributed by atoms with Crippen LogP contribution in [0.3, 0.4) is 0 Å². The number of thioether (sulfide) groups is 1. The fraction of sp³-hybridized carbons (Fsp3) is 0.667. The van der Waals surface area contributed by atoms with Gasteiger partial charge >= 0.3 is 12.0 Å². The average molecular weight is 312 g/mol. The molecule has 1 saturated heterocycles. The van der Waals surface area contributed by atoms with Gasteiger partial charge in [-0.15, -0.1) is 11.8 Å². The molecular formula is C12H16N4O4S. The summed E-state index contributed by atoms with van der Waals surface area (Å²) in [7, 11) is 0. The summed E-state index contributed by atoms with van der Waals surface area (Å²) in [5.41, 5.74) is 0. The van der Waals surface area contributed by atoms with E-state index in [1.54, 1.807) is 11.8 Å². The van der Waals surface area contributed by atoms with E-state index in [0.717, 1.165) is 12.8 Å². The van der Waals surface area contributed by atoms with Crippen LogP contribution in [0.4, 0.5) is 4.79 Å². The molecule has 2 aliphatic rings. The summed E-state index contributed by atoms with van der Waals surface area (Å²) in [6, 6.07) is -1.07. The van der Waals surface area contributed by atoms with Crippen molar-refractivity contribution in [1.29, 1.82) is 0 Å². The highest BCUT2D eigenvalue weighted by Crippen LogP contribution is 2.45. The largest absolute Gasteiger partial charge is 0.480 e. The van der Waals surface area contributed by atoms with Crippen LogP contribution in [0.5, 0.6) is 0 Å². The summed E-state index contributed by atoms with van der Waals surface area (Å²) >= 11 is 1.56. The van der Waals surface area contributed by atoms with Crippen molar-refractivity contribution in [1.82, 2.24) is 20.4 Å². The van der Waals surface area contributed by atoms with Gasteiger partial charge in [0.2, 0.25) is 6.39 Å². The summed E-state index contributed by atoms with van der Waals surface area (Å²) in [6.07, 6.45) is 3.82. The Morgan fingerprint density at radius 1 is 1.52 bits per heavy atom. The molecule has 1 aromatic heterocycles. The highest BCUT2D eigenvalue weighted by Gasteiger charge is 2.48. The van der Waals surface area contributed by atoms with E-state index in [0.29, 0.717) is 30.5 Å². The van der Waals surface area contributed by atoms with Gasteiger partial charge in [0.1, 0.15) is 6.04 Å². The Morgan fingerprint density at radius 3 is 2.95 bits per heavy atom. The molecule has 2 fully saturated rings. The molecule has 3 rings (SSSR count). The first-order chi connectivity index (χ1) is 10.2. The number of carbonyl (C=O) groups is 2. The van der Waals surface area contributed by atoms with E-state index in [9.17, 15) is 14.7 Å². The van der Waals surface area contributed by atoms with Crippen LogP contribution in [0.2, 0.25) is 0 Å². The third kappa shape index (κ3) is 3.12. The number of aliphatic carboxylic acids is 1. The minimum Gasteiger partial charge on any atom is -0.480 e. The van der Waals surface area contributed by atoms with Crippen molar-refractivity contribution in [3.8, 4) is 0 Å². The monoisotopic (exact) mass is 312 g/mol. The molecule has 0 aromatic carbocycles. The molecule has 2 heterocycles. The van der Waals surface area contributed by atoms with Crippen molar-refractivity contribution in [2.24, 2.45) is 5.92 Å². The lowest BCUT2D eigenvalue weighted by Crippen LogP contribution is -2.51. The van der Waals surface area contributed by atoms with Crippen LogP contribution in [-0.2, 0) is 11.2 Å². The molecule has 2 amide bonds. The van der Waals surface area contributed by atoms with Gasteiger partial charge in [-0.25, -0.2) is 9.59 Å². The fourth-order valence-corrected chi connectivity index (χ4v) is 4.02. The first kappa shape index (κ1) is 14.2. The second-order valence-corrected chi connectivity index (χ2v) is 6.30. The number of aromatic nitrogens is 2. The van der Waals surface area contributed by atoms with Gasteiger partial charge in [-0.1, -0.05) is 5.16 Å². The number of carboxylic acids is 1. The van der Waals surface area contributed by atoms with Crippen LogP contribution in [0.1, 0.15) is 18.7 Å². The summed E-state index contributed by atoms with van der Waals surface area (Å²) in [4.78, 5) is 29.0. The van der Waals surface area contributed by atoms with Gasteiger partial charge in [0.15, 0.2) is 5.82 Å². The van der Waals surface area contributed by atoms with Crippen molar-refractivity contribution in [2.45, 2.75) is 30.7 Å². The van der Waals surface area contributed by atoms with E-state index in [-0.39, 0.29) is 11.4 Å². The fourth-order valence-electron chi connectivity index (χ4n) is 2.39. The van der Waals surface area contributed by atoms with Crippen molar-refractivity contribution in [3.05, 3.63) is 12.2 Å². The molecule has 2 atom stereocenters. The van der Waals surface area contributed by atoms with E-state index in [2.05, 4.69) is 20.0 Å². The molecule has 1 aliphatic carbocycles. The number of hydrogen-bond acceptors (Lipinski definition) is 6.